The molecule has 0 saturated heterocycles. The Morgan fingerprint density at radius 1 is 0.667 bits per heavy atom. The molecule has 0 N–H and O–H groups in total. The van der Waals surface area contributed by atoms with E-state index in [1.54, 1.807) is 6.92 Å². The maximum Gasteiger partial charge on any atom is 0.314 e. The summed E-state index contributed by atoms with van der Waals surface area (Å²) in [6, 6.07) is 11.4. The van der Waals surface area contributed by atoms with Crippen LogP contribution in [0.25, 0.3) is 22.8 Å². The second kappa shape index (κ2) is 14.8. The van der Waals surface area contributed by atoms with Crippen LogP contribution >= 0.6 is 0 Å². The van der Waals surface area contributed by atoms with Gasteiger partial charge in [-0.2, -0.15) is 4.39 Å². The molecule has 2 saturated carbocycles. The van der Waals surface area contributed by atoms with Crippen LogP contribution in [0.5, 0.6) is 5.75 Å². The first kappa shape index (κ1) is 32.3. The Morgan fingerprint density at radius 2 is 1.18 bits per heavy atom. The first-order chi connectivity index (χ1) is 21.7. The highest BCUT2D eigenvalue weighted by Crippen LogP contribution is 2.36. The molecule has 2 aliphatic carbocycles. The molecular weight excluding hydrogens is 570 g/mol. The molecule has 2 aromatic carbocycles. The second-order valence-corrected chi connectivity index (χ2v) is 12.9. The molecule has 0 spiro atoms. The number of benzene rings is 2. The van der Waals surface area contributed by atoms with Crippen LogP contribution in [-0.4, -0.2) is 25.9 Å². The lowest BCUT2D eigenvalue weighted by Crippen LogP contribution is -2.25. The molecule has 0 amide bonds. The van der Waals surface area contributed by atoms with Crippen molar-refractivity contribution in [3.8, 4) is 28.5 Å². The summed E-state index contributed by atoms with van der Waals surface area (Å²) in [6.07, 6.45) is 15.5. The molecule has 0 unspecified atom stereocenters. The van der Waals surface area contributed by atoms with Gasteiger partial charge in [-0.1, -0.05) is 51.0 Å². The van der Waals surface area contributed by atoms with E-state index < -0.39 is 23.4 Å². The monoisotopic (exact) mass is 612 g/mol. The third-order valence-corrected chi connectivity index (χ3v) is 9.07. The molecule has 236 valence electrons. The van der Waals surface area contributed by atoms with E-state index in [0.29, 0.717) is 5.92 Å². The van der Waals surface area contributed by atoms with Gasteiger partial charge in [-0.3, -0.25) is 4.79 Å². The lowest BCUT2D eigenvalue weighted by molar-refractivity contribution is -0.140. The maximum absolute atomic E-state index is 14.3. The quantitative estimate of drug-likeness (QED) is 0.165. The highest BCUT2D eigenvalue weighted by molar-refractivity contribution is 5.75. The predicted octanol–water partition coefficient (Wildman–Crippen LogP) is 9.21. The minimum Gasteiger partial charge on any atom is -0.423 e. The number of nitrogens with zero attached hydrogens (tertiary/aromatic N) is 4. The standard InChI is InChI=1S/C19H20F2N2O2.C18H22N2/c1-11-3-5-13(6-4-11)19(24)25-15-8-7-14(16(20)17(15)21)18-22-9-12(2)10-23-18;1-13-3-5-15(6-4-13)16-7-9-17(10-8-16)18-19-11-14(2)12-20-18/h7-11,13H,3-6H2,1-2H3;7-13,15H,3-6H2,1-2H3. The van der Waals surface area contributed by atoms with Crippen LogP contribution in [0, 0.1) is 43.2 Å². The predicted molar refractivity (Wildman–Crippen MR) is 171 cm³/mol. The van der Waals surface area contributed by atoms with Crippen molar-refractivity contribution in [1.82, 2.24) is 19.9 Å². The molecular formula is C37H42F2N4O2. The van der Waals surface area contributed by atoms with Crippen molar-refractivity contribution in [2.75, 3.05) is 0 Å². The Labute approximate surface area is 264 Å². The summed E-state index contributed by atoms with van der Waals surface area (Å²) in [7, 11) is 0. The number of rotatable bonds is 5. The number of hydrogen-bond donors (Lipinski definition) is 0. The van der Waals surface area contributed by atoms with Crippen LogP contribution in [0.15, 0.2) is 61.2 Å². The number of carbonyl (C=O) groups excluding carboxylic acids is 1. The first-order valence-electron chi connectivity index (χ1n) is 16.1. The fourth-order valence-electron chi connectivity index (χ4n) is 6.04. The highest BCUT2D eigenvalue weighted by Gasteiger charge is 2.28. The van der Waals surface area contributed by atoms with Gasteiger partial charge < -0.3 is 4.74 Å². The Balaban J connectivity index is 0.000000182. The molecule has 2 aromatic heterocycles. The molecule has 2 fully saturated rings. The van der Waals surface area contributed by atoms with Gasteiger partial charge in [0.15, 0.2) is 23.2 Å². The van der Waals surface area contributed by atoms with E-state index in [0.717, 1.165) is 60.0 Å². The lowest BCUT2D eigenvalue weighted by Gasteiger charge is -2.26. The summed E-state index contributed by atoms with van der Waals surface area (Å²) in [5, 5.41) is 0. The molecule has 0 radical (unpaired) electrons. The maximum atomic E-state index is 14.3. The summed E-state index contributed by atoms with van der Waals surface area (Å²) in [4.78, 5) is 29.0. The van der Waals surface area contributed by atoms with Gasteiger partial charge in [0.2, 0.25) is 5.82 Å². The zero-order valence-corrected chi connectivity index (χ0v) is 26.6. The second-order valence-electron chi connectivity index (χ2n) is 12.9. The van der Waals surface area contributed by atoms with E-state index >= 15 is 0 Å². The normalized spacial score (nSPS) is 21.4. The van der Waals surface area contributed by atoms with Crippen molar-refractivity contribution >= 4 is 5.97 Å². The largest absolute Gasteiger partial charge is 0.423 e. The van der Waals surface area contributed by atoms with Crippen LogP contribution in [0.4, 0.5) is 8.78 Å². The Bertz CT molecular complexity index is 1560. The molecule has 6 nitrogen and oxygen atoms in total. The van der Waals surface area contributed by atoms with Gasteiger partial charge in [0, 0.05) is 30.4 Å². The summed E-state index contributed by atoms with van der Waals surface area (Å²) >= 11 is 0. The molecule has 0 aliphatic heterocycles. The van der Waals surface area contributed by atoms with Crippen molar-refractivity contribution in [2.24, 2.45) is 17.8 Å². The molecule has 6 rings (SSSR count). The van der Waals surface area contributed by atoms with Crippen LogP contribution in [0.3, 0.4) is 0 Å². The molecule has 4 aromatic rings. The Morgan fingerprint density at radius 3 is 1.73 bits per heavy atom. The Kier molecular flexibility index (Phi) is 10.6. The van der Waals surface area contributed by atoms with Crippen molar-refractivity contribution in [1.29, 1.82) is 0 Å². The fraction of sp³-hybridized carbons (Fsp3) is 0.432. The van der Waals surface area contributed by atoms with Gasteiger partial charge in [0.25, 0.3) is 0 Å². The summed E-state index contributed by atoms with van der Waals surface area (Å²) in [6.45, 7) is 8.32. The molecule has 2 aliphatic rings. The van der Waals surface area contributed by atoms with Crippen LogP contribution < -0.4 is 4.74 Å². The number of halogens is 2. The number of aromatic nitrogens is 4. The van der Waals surface area contributed by atoms with Crippen molar-refractivity contribution < 1.29 is 18.3 Å². The van der Waals surface area contributed by atoms with E-state index in [1.165, 1.54) is 55.8 Å². The molecule has 45 heavy (non-hydrogen) atoms. The summed E-state index contributed by atoms with van der Waals surface area (Å²) in [5.41, 5.74) is 4.44. The molecule has 0 atom stereocenters. The number of esters is 1. The number of aryl methyl sites for hydroxylation is 2. The van der Waals surface area contributed by atoms with Gasteiger partial charge in [-0.25, -0.2) is 24.3 Å². The summed E-state index contributed by atoms with van der Waals surface area (Å²) in [5.74, 6) is -0.302. The van der Waals surface area contributed by atoms with Gasteiger partial charge in [0.05, 0.1) is 11.5 Å². The summed E-state index contributed by atoms with van der Waals surface area (Å²) < 4.78 is 33.8. The van der Waals surface area contributed by atoms with E-state index in [2.05, 4.69) is 58.0 Å². The zero-order valence-electron chi connectivity index (χ0n) is 26.6. The average Bonchev–Trinajstić information content (AvgIpc) is 3.05. The SMILES string of the molecule is Cc1cnc(-c2ccc(C3CCC(C)CC3)cc2)nc1.Cc1cnc(-c2ccc(OC(=O)C3CCC(C)CC3)c(F)c2F)nc1. The number of ether oxygens (including phenoxy) is 1. The topological polar surface area (TPSA) is 77.9 Å². The molecule has 2 heterocycles. The highest BCUT2D eigenvalue weighted by atomic mass is 19.2. The van der Waals surface area contributed by atoms with Gasteiger partial charge in [-0.05, 0) is 98.9 Å². The van der Waals surface area contributed by atoms with Crippen LogP contribution in [-0.2, 0) is 4.79 Å². The van der Waals surface area contributed by atoms with Gasteiger partial charge >= 0.3 is 5.97 Å². The van der Waals surface area contributed by atoms with Crippen molar-refractivity contribution in [3.63, 3.8) is 0 Å². The average molecular weight is 613 g/mol. The van der Waals surface area contributed by atoms with E-state index in [1.807, 2.05) is 19.3 Å². The number of hydrogen-bond acceptors (Lipinski definition) is 6. The van der Waals surface area contributed by atoms with Gasteiger partial charge in [0.1, 0.15) is 0 Å². The zero-order chi connectivity index (χ0) is 31.9. The van der Waals surface area contributed by atoms with Crippen molar-refractivity contribution in [3.05, 3.63) is 89.5 Å². The molecule has 8 heteroatoms. The fourth-order valence-corrected chi connectivity index (χ4v) is 6.04. The minimum absolute atomic E-state index is 0.0659. The van der Waals surface area contributed by atoms with Gasteiger partial charge in [-0.15, -0.1) is 0 Å². The van der Waals surface area contributed by atoms with E-state index in [9.17, 15) is 13.6 Å². The number of carbonyl (C=O) groups is 1. The van der Waals surface area contributed by atoms with Crippen LogP contribution in [0.1, 0.15) is 87.8 Å². The first-order valence-corrected chi connectivity index (χ1v) is 16.1. The van der Waals surface area contributed by atoms with Crippen LogP contribution in [0.2, 0.25) is 0 Å². The van der Waals surface area contributed by atoms with E-state index in [-0.39, 0.29) is 17.3 Å². The lowest BCUT2D eigenvalue weighted by atomic mass is 9.79. The third kappa shape index (κ3) is 8.35. The minimum atomic E-state index is -1.20. The Hall–Kier alpha value is -4.07. The smallest absolute Gasteiger partial charge is 0.314 e. The third-order valence-electron chi connectivity index (χ3n) is 9.07. The van der Waals surface area contributed by atoms with Crippen molar-refractivity contribution in [2.45, 2.75) is 85.0 Å². The van der Waals surface area contributed by atoms with E-state index in [4.69, 9.17) is 4.74 Å². The molecule has 0 bridgehead atoms.